The van der Waals surface area contributed by atoms with E-state index in [1.807, 2.05) is 0 Å². The van der Waals surface area contributed by atoms with Crippen molar-refractivity contribution in [1.82, 2.24) is 4.98 Å². The van der Waals surface area contributed by atoms with Crippen molar-refractivity contribution in [3.05, 3.63) is 45.9 Å². The first-order valence-corrected chi connectivity index (χ1v) is 6.29. The zero-order valence-corrected chi connectivity index (χ0v) is 10.9. The van der Waals surface area contributed by atoms with Crippen LogP contribution in [-0.2, 0) is 6.18 Å². The van der Waals surface area contributed by atoms with E-state index in [-0.39, 0.29) is 5.13 Å². The summed E-state index contributed by atoms with van der Waals surface area (Å²) in [5.74, 6) is 0. The van der Waals surface area contributed by atoms with Crippen molar-refractivity contribution >= 4 is 34.3 Å². The summed E-state index contributed by atoms with van der Waals surface area (Å²) < 4.78 is 36.9. The Bertz CT molecular complexity index is 595. The molecule has 0 unspecified atom stereocenters. The average Bonchev–Trinajstić information content (AvgIpc) is 2.80. The summed E-state index contributed by atoms with van der Waals surface area (Å²) in [5, 5.41) is 5.28. The summed E-state index contributed by atoms with van der Waals surface area (Å²) >= 11 is 6.72. The largest absolute Gasteiger partial charge is 0.434 e. The summed E-state index contributed by atoms with van der Waals surface area (Å²) in [5.41, 5.74) is 2.15. The van der Waals surface area contributed by atoms with E-state index in [9.17, 15) is 13.2 Å². The van der Waals surface area contributed by atoms with E-state index in [1.165, 1.54) is 6.21 Å². The van der Waals surface area contributed by atoms with Crippen LogP contribution in [0.3, 0.4) is 0 Å². The fourth-order valence-corrected chi connectivity index (χ4v) is 2.04. The molecule has 0 radical (unpaired) electrons. The van der Waals surface area contributed by atoms with Crippen LogP contribution in [0.25, 0.3) is 0 Å². The Morgan fingerprint density at radius 3 is 2.68 bits per heavy atom. The lowest BCUT2D eigenvalue weighted by molar-refractivity contribution is -0.140. The van der Waals surface area contributed by atoms with Gasteiger partial charge >= 0.3 is 6.18 Å². The molecule has 0 aliphatic carbocycles. The molecule has 1 heterocycles. The molecule has 1 aromatic heterocycles. The number of hydrogen-bond acceptors (Lipinski definition) is 4. The van der Waals surface area contributed by atoms with Gasteiger partial charge in [-0.05, 0) is 6.07 Å². The van der Waals surface area contributed by atoms with Gasteiger partial charge in [-0.2, -0.15) is 18.3 Å². The van der Waals surface area contributed by atoms with Crippen molar-refractivity contribution in [1.29, 1.82) is 0 Å². The Kier molecular flexibility index (Phi) is 4.06. The van der Waals surface area contributed by atoms with Crippen molar-refractivity contribution in [3.8, 4) is 0 Å². The summed E-state index contributed by atoms with van der Waals surface area (Å²) in [7, 11) is 0. The number of thiazole rings is 1. The van der Waals surface area contributed by atoms with Crippen LogP contribution in [0, 0.1) is 0 Å². The Morgan fingerprint density at radius 1 is 1.32 bits per heavy atom. The van der Waals surface area contributed by atoms with Crippen LogP contribution in [0.5, 0.6) is 0 Å². The molecule has 100 valence electrons. The van der Waals surface area contributed by atoms with E-state index in [0.29, 0.717) is 10.6 Å². The molecule has 0 amide bonds. The molecule has 0 aliphatic rings. The first-order valence-electron chi connectivity index (χ1n) is 5.03. The van der Waals surface area contributed by atoms with Crippen molar-refractivity contribution in [2.45, 2.75) is 6.18 Å². The van der Waals surface area contributed by atoms with Gasteiger partial charge in [0.05, 0.1) is 6.21 Å². The van der Waals surface area contributed by atoms with Crippen LogP contribution >= 0.6 is 22.9 Å². The minimum atomic E-state index is -4.44. The summed E-state index contributed by atoms with van der Waals surface area (Å²) in [4.78, 5) is 3.37. The number of anilines is 1. The second-order valence-electron chi connectivity index (χ2n) is 3.43. The molecule has 2 rings (SSSR count). The molecule has 2 aromatic rings. The molecule has 1 N–H and O–H groups in total. The van der Waals surface area contributed by atoms with Gasteiger partial charge in [0.25, 0.3) is 0 Å². The molecule has 0 saturated heterocycles. The molecule has 1 aromatic carbocycles. The second kappa shape index (κ2) is 5.58. The number of benzene rings is 1. The zero-order valence-electron chi connectivity index (χ0n) is 9.28. The van der Waals surface area contributed by atoms with Crippen LogP contribution in [0.15, 0.2) is 34.7 Å². The molecule has 0 saturated carbocycles. The molecule has 19 heavy (non-hydrogen) atoms. The lowest BCUT2D eigenvalue weighted by atomic mass is 10.2. The summed E-state index contributed by atoms with van der Waals surface area (Å²) in [6.07, 6.45) is -3.03. The molecule has 0 aliphatic heterocycles. The fraction of sp³-hybridized carbons (Fsp3) is 0.0909. The Balaban J connectivity index is 2.03. The van der Waals surface area contributed by atoms with Crippen molar-refractivity contribution < 1.29 is 13.2 Å². The second-order valence-corrected chi connectivity index (χ2v) is 4.69. The topological polar surface area (TPSA) is 37.3 Å². The third kappa shape index (κ3) is 3.68. The molecule has 0 fully saturated rings. The normalized spacial score (nSPS) is 12.0. The number of halogens is 4. The molecule has 8 heteroatoms. The minimum Gasteiger partial charge on any atom is -0.253 e. The Hall–Kier alpha value is -1.60. The monoisotopic (exact) mass is 305 g/mol. The van der Waals surface area contributed by atoms with Gasteiger partial charge in [0.1, 0.15) is 0 Å². The summed E-state index contributed by atoms with van der Waals surface area (Å²) in [6.45, 7) is 0. The van der Waals surface area contributed by atoms with Crippen LogP contribution in [0.4, 0.5) is 18.3 Å². The maximum Gasteiger partial charge on any atom is 0.434 e. The first-order chi connectivity index (χ1) is 8.97. The molecule has 3 nitrogen and oxygen atoms in total. The molecule has 0 atom stereocenters. The van der Waals surface area contributed by atoms with Crippen LogP contribution < -0.4 is 5.43 Å². The van der Waals surface area contributed by atoms with Gasteiger partial charge in [-0.3, -0.25) is 5.43 Å². The van der Waals surface area contributed by atoms with E-state index in [2.05, 4.69) is 15.5 Å². The molecule has 0 bridgehead atoms. The van der Waals surface area contributed by atoms with Crippen molar-refractivity contribution in [2.24, 2.45) is 5.10 Å². The van der Waals surface area contributed by atoms with Gasteiger partial charge in [0, 0.05) is 16.0 Å². The first kappa shape index (κ1) is 13.8. The van der Waals surface area contributed by atoms with Gasteiger partial charge in [0.2, 0.25) is 5.13 Å². The van der Waals surface area contributed by atoms with Crippen molar-refractivity contribution in [3.63, 3.8) is 0 Å². The standard InChI is InChI=1S/C11H7ClF3N3S/c12-8-4-2-1-3-7(8)5-16-18-10-17-9(6-19-10)11(13,14)15/h1-6H,(H,17,18)/b16-5+. The van der Waals surface area contributed by atoms with Gasteiger partial charge in [-0.25, -0.2) is 4.98 Å². The predicted octanol–water partition coefficient (Wildman–Crippen LogP) is 4.26. The number of rotatable bonds is 3. The SMILES string of the molecule is FC(F)(F)c1csc(N/N=C/c2ccccc2Cl)n1. The van der Waals surface area contributed by atoms with Gasteiger partial charge in [-0.15, -0.1) is 11.3 Å². The average molecular weight is 306 g/mol. The van der Waals surface area contributed by atoms with E-state index >= 15 is 0 Å². The van der Waals surface area contributed by atoms with E-state index < -0.39 is 11.9 Å². The maximum absolute atomic E-state index is 12.3. The highest BCUT2D eigenvalue weighted by Crippen LogP contribution is 2.31. The smallest absolute Gasteiger partial charge is 0.253 e. The van der Waals surface area contributed by atoms with Crippen LogP contribution in [-0.4, -0.2) is 11.2 Å². The van der Waals surface area contributed by atoms with E-state index in [0.717, 1.165) is 16.7 Å². The van der Waals surface area contributed by atoms with Gasteiger partial charge < -0.3 is 0 Å². The number of nitrogens with zero attached hydrogens (tertiary/aromatic N) is 2. The lowest BCUT2D eigenvalue weighted by Gasteiger charge is -1.99. The third-order valence-electron chi connectivity index (χ3n) is 2.06. The number of nitrogens with one attached hydrogen (secondary N) is 1. The Labute approximate surface area is 115 Å². The molecular weight excluding hydrogens is 299 g/mol. The van der Waals surface area contributed by atoms with Gasteiger partial charge in [0.15, 0.2) is 5.69 Å². The highest BCUT2D eigenvalue weighted by atomic mass is 35.5. The lowest BCUT2D eigenvalue weighted by Crippen LogP contribution is -2.05. The fourth-order valence-electron chi connectivity index (χ4n) is 1.19. The minimum absolute atomic E-state index is 0.0654. The molecular formula is C11H7ClF3N3S. The van der Waals surface area contributed by atoms with Crippen LogP contribution in [0.1, 0.15) is 11.3 Å². The van der Waals surface area contributed by atoms with Crippen LogP contribution in [0.2, 0.25) is 5.02 Å². The number of alkyl halides is 3. The highest BCUT2D eigenvalue weighted by molar-refractivity contribution is 7.13. The highest BCUT2D eigenvalue weighted by Gasteiger charge is 2.33. The number of hydrazone groups is 1. The van der Waals surface area contributed by atoms with Gasteiger partial charge in [-0.1, -0.05) is 29.8 Å². The van der Waals surface area contributed by atoms with E-state index in [4.69, 9.17) is 11.6 Å². The number of aromatic nitrogens is 1. The predicted molar refractivity (Wildman–Crippen MR) is 69.8 cm³/mol. The third-order valence-corrected chi connectivity index (χ3v) is 3.15. The maximum atomic E-state index is 12.3. The van der Waals surface area contributed by atoms with Crippen molar-refractivity contribution in [2.75, 3.05) is 5.43 Å². The van der Waals surface area contributed by atoms with E-state index in [1.54, 1.807) is 24.3 Å². The summed E-state index contributed by atoms with van der Waals surface area (Å²) in [6, 6.07) is 6.96. The Morgan fingerprint density at radius 2 is 2.05 bits per heavy atom. The number of hydrogen-bond donors (Lipinski definition) is 1. The zero-order chi connectivity index (χ0) is 13.9. The molecule has 0 spiro atoms. The quantitative estimate of drug-likeness (QED) is 0.679.